The first-order valence-electron chi connectivity index (χ1n) is 7.09. The zero-order chi connectivity index (χ0) is 14.4. The van der Waals surface area contributed by atoms with Gasteiger partial charge in [0.25, 0.3) is 0 Å². The Kier molecular flexibility index (Phi) is 2.73. The van der Waals surface area contributed by atoms with Crippen molar-refractivity contribution >= 4 is 21.4 Å². The molecule has 0 unspecified atom stereocenters. The van der Waals surface area contributed by atoms with Crippen molar-refractivity contribution in [3.05, 3.63) is 59.0 Å². The minimum absolute atomic E-state index is 0.0722. The monoisotopic (exact) mass is 296 g/mol. The van der Waals surface area contributed by atoms with Gasteiger partial charge in [-0.25, -0.2) is 0 Å². The van der Waals surface area contributed by atoms with Crippen LogP contribution in [0, 0.1) is 0 Å². The van der Waals surface area contributed by atoms with E-state index in [1.165, 1.54) is 20.5 Å². The molecule has 1 saturated carbocycles. The number of ether oxygens (including phenoxy) is 1. The fourth-order valence-electron chi connectivity index (χ4n) is 3.07. The average molecular weight is 296 g/mol. The van der Waals surface area contributed by atoms with Crippen LogP contribution in [0.25, 0.3) is 10.1 Å². The Bertz CT molecular complexity index is 782. The zero-order valence-corrected chi connectivity index (χ0v) is 12.6. The van der Waals surface area contributed by atoms with Gasteiger partial charge in [0.2, 0.25) is 0 Å². The summed E-state index contributed by atoms with van der Waals surface area (Å²) in [5, 5.41) is 11.0. The lowest BCUT2D eigenvalue weighted by Gasteiger charge is -2.17. The number of rotatable bonds is 3. The number of methoxy groups -OCH3 is 1. The number of aromatic hydroxyl groups is 1. The van der Waals surface area contributed by atoms with Crippen LogP contribution >= 0.6 is 11.3 Å². The summed E-state index contributed by atoms with van der Waals surface area (Å²) in [5.74, 6) is 1.03. The Balaban J connectivity index is 1.87. The maximum Gasteiger partial charge on any atom is 0.126 e. The number of phenols is 1. The van der Waals surface area contributed by atoms with Crippen molar-refractivity contribution in [2.75, 3.05) is 7.11 Å². The maximum atomic E-state index is 9.66. The van der Waals surface area contributed by atoms with E-state index in [0.717, 1.165) is 18.6 Å². The minimum Gasteiger partial charge on any atom is -0.508 e. The summed E-state index contributed by atoms with van der Waals surface area (Å²) in [7, 11) is 1.67. The lowest BCUT2D eigenvalue weighted by molar-refractivity contribution is 0.400. The maximum absolute atomic E-state index is 9.66. The molecule has 0 radical (unpaired) electrons. The molecule has 0 amide bonds. The van der Waals surface area contributed by atoms with Crippen molar-refractivity contribution in [2.45, 2.75) is 18.3 Å². The highest BCUT2D eigenvalue weighted by Gasteiger charge is 2.48. The van der Waals surface area contributed by atoms with E-state index in [1.54, 1.807) is 19.2 Å². The van der Waals surface area contributed by atoms with Gasteiger partial charge in [-0.2, -0.15) is 0 Å². The molecule has 1 heterocycles. The van der Waals surface area contributed by atoms with Crippen LogP contribution in [0.4, 0.5) is 0 Å². The van der Waals surface area contributed by atoms with Crippen LogP contribution in [0.15, 0.2) is 48.5 Å². The summed E-state index contributed by atoms with van der Waals surface area (Å²) in [4.78, 5) is 1.40. The molecule has 1 N–H and O–H groups in total. The smallest absolute Gasteiger partial charge is 0.126 e. The van der Waals surface area contributed by atoms with Gasteiger partial charge in [-0.05, 0) is 36.4 Å². The van der Waals surface area contributed by atoms with E-state index in [4.69, 9.17) is 4.74 Å². The molecular formula is C18H16O2S. The summed E-state index contributed by atoms with van der Waals surface area (Å²) < 4.78 is 6.82. The quantitative estimate of drug-likeness (QED) is 0.759. The van der Waals surface area contributed by atoms with Gasteiger partial charge in [0.05, 0.1) is 7.11 Å². The van der Waals surface area contributed by atoms with Crippen LogP contribution in [0.2, 0.25) is 0 Å². The third-order valence-corrected chi connectivity index (χ3v) is 5.67. The third-order valence-electron chi connectivity index (χ3n) is 4.35. The summed E-state index contributed by atoms with van der Waals surface area (Å²) in [6.07, 6.45) is 2.28. The molecular weight excluding hydrogens is 280 g/mol. The molecule has 1 aliphatic rings. The summed E-state index contributed by atoms with van der Waals surface area (Å²) in [6, 6.07) is 16.3. The first kappa shape index (κ1) is 12.7. The summed E-state index contributed by atoms with van der Waals surface area (Å²) >= 11 is 1.87. The van der Waals surface area contributed by atoms with E-state index in [0.29, 0.717) is 0 Å². The predicted molar refractivity (Wildman–Crippen MR) is 86.5 cm³/mol. The minimum atomic E-state index is 0.0722. The van der Waals surface area contributed by atoms with Gasteiger partial charge < -0.3 is 9.84 Å². The van der Waals surface area contributed by atoms with Gasteiger partial charge in [-0.3, -0.25) is 0 Å². The molecule has 1 aliphatic carbocycles. The molecule has 1 fully saturated rings. The molecule has 3 aromatic rings. The standard InChI is InChI=1S/C18H16O2S/c1-20-15-11-13(19)6-7-14(15)18(8-9-18)17-10-12-4-2-3-5-16(12)21-17/h2-7,10-11,19H,8-9H2,1H3. The van der Waals surface area contributed by atoms with Crippen LogP contribution in [-0.4, -0.2) is 12.2 Å². The van der Waals surface area contributed by atoms with Crippen molar-refractivity contribution in [3.8, 4) is 11.5 Å². The number of phenolic OH excluding ortho intramolecular Hbond substituents is 1. The van der Waals surface area contributed by atoms with Gasteiger partial charge in [0.15, 0.2) is 0 Å². The fourth-order valence-corrected chi connectivity index (χ4v) is 4.39. The van der Waals surface area contributed by atoms with E-state index < -0.39 is 0 Å². The van der Waals surface area contributed by atoms with Crippen molar-refractivity contribution in [3.63, 3.8) is 0 Å². The van der Waals surface area contributed by atoms with E-state index >= 15 is 0 Å². The Morgan fingerprint density at radius 1 is 1.10 bits per heavy atom. The number of hydrogen-bond acceptors (Lipinski definition) is 3. The van der Waals surface area contributed by atoms with E-state index in [1.807, 2.05) is 17.4 Å². The Labute approximate surface area is 127 Å². The van der Waals surface area contributed by atoms with E-state index in [2.05, 4.69) is 30.3 Å². The van der Waals surface area contributed by atoms with Crippen LogP contribution in [0.5, 0.6) is 11.5 Å². The SMILES string of the molecule is COc1cc(O)ccc1C1(c2cc3ccccc3s2)CC1. The van der Waals surface area contributed by atoms with Gasteiger partial charge in [-0.1, -0.05) is 24.3 Å². The van der Waals surface area contributed by atoms with Gasteiger partial charge >= 0.3 is 0 Å². The number of benzene rings is 2. The normalized spacial score (nSPS) is 16.0. The molecule has 2 aromatic carbocycles. The topological polar surface area (TPSA) is 29.5 Å². The Hall–Kier alpha value is -2.00. The third kappa shape index (κ3) is 1.92. The largest absolute Gasteiger partial charge is 0.508 e. The van der Waals surface area contributed by atoms with Crippen LogP contribution in [-0.2, 0) is 5.41 Å². The molecule has 3 heteroatoms. The first-order valence-corrected chi connectivity index (χ1v) is 7.91. The molecule has 0 aliphatic heterocycles. The van der Waals surface area contributed by atoms with E-state index in [9.17, 15) is 5.11 Å². The Morgan fingerprint density at radius 2 is 1.90 bits per heavy atom. The van der Waals surface area contributed by atoms with Crippen LogP contribution in [0.3, 0.4) is 0 Å². The second-order valence-corrected chi connectivity index (χ2v) is 6.70. The highest BCUT2D eigenvalue weighted by atomic mass is 32.1. The predicted octanol–water partition coefficient (Wildman–Crippen LogP) is 4.70. The number of fused-ring (bicyclic) bond motifs is 1. The fraction of sp³-hybridized carbons (Fsp3) is 0.222. The molecule has 0 bridgehead atoms. The molecule has 0 spiro atoms. The lowest BCUT2D eigenvalue weighted by Crippen LogP contribution is -2.08. The second kappa shape index (κ2) is 4.50. The lowest BCUT2D eigenvalue weighted by atomic mass is 9.93. The van der Waals surface area contributed by atoms with E-state index in [-0.39, 0.29) is 11.2 Å². The van der Waals surface area contributed by atoms with Gasteiger partial charge in [0, 0.05) is 26.6 Å². The van der Waals surface area contributed by atoms with Crippen LogP contribution < -0.4 is 4.74 Å². The molecule has 21 heavy (non-hydrogen) atoms. The van der Waals surface area contributed by atoms with Gasteiger partial charge in [-0.15, -0.1) is 11.3 Å². The Morgan fingerprint density at radius 3 is 2.62 bits per heavy atom. The highest BCUT2D eigenvalue weighted by molar-refractivity contribution is 7.19. The highest BCUT2D eigenvalue weighted by Crippen LogP contribution is 2.58. The zero-order valence-electron chi connectivity index (χ0n) is 11.8. The molecule has 1 aromatic heterocycles. The molecule has 0 atom stereocenters. The number of hydrogen-bond donors (Lipinski definition) is 1. The van der Waals surface area contributed by atoms with Crippen molar-refractivity contribution in [1.82, 2.24) is 0 Å². The molecule has 4 rings (SSSR count). The summed E-state index contributed by atoms with van der Waals surface area (Å²) in [6.45, 7) is 0. The van der Waals surface area contributed by atoms with Crippen molar-refractivity contribution < 1.29 is 9.84 Å². The van der Waals surface area contributed by atoms with Crippen molar-refractivity contribution in [2.24, 2.45) is 0 Å². The first-order chi connectivity index (χ1) is 10.2. The second-order valence-electron chi connectivity index (χ2n) is 5.62. The average Bonchev–Trinajstić information content (AvgIpc) is 3.19. The molecule has 2 nitrogen and oxygen atoms in total. The van der Waals surface area contributed by atoms with Crippen molar-refractivity contribution in [1.29, 1.82) is 0 Å². The molecule has 0 saturated heterocycles. The summed E-state index contributed by atoms with van der Waals surface area (Å²) in [5.41, 5.74) is 1.26. The molecule has 106 valence electrons. The van der Waals surface area contributed by atoms with Gasteiger partial charge in [0.1, 0.15) is 11.5 Å². The van der Waals surface area contributed by atoms with Crippen LogP contribution in [0.1, 0.15) is 23.3 Å². The number of thiophene rings is 1.